The van der Waals surface area contributed by atoms with Crippen molar-refractivity contribution in [3.8, 4) is 0 Å². The van der Waals surface area contributed by atoms with Gasteiger partial charge < -0.3 is 9.64 Å². The minimum atomic E-state index is -0.363. The molecule has 2 heterocycles. The summed E-state index contributed by atoms with van der Waals surface area (Å²) < 4.78 is 6.59. The maximum atomic E-state index is 10.8. The first kappa shape index (κ1) is 14.8. The summed E-state index contributed by atoms with van der Waals surface area (Å²) in [6.07, 6.45) is 5.11. The molecule has 0 radical (unpaired) electrons. The number of anilines is 1. The van der Waals surface area contributed by atoms with Crippen molar-refractivity contribution in [3.05, 3.63) is 32.8 Å². The molecule has 0 amide bonds. The van der Waals surface area contributed by atoms with E-state index in [4.69, 9.17) is 4.74 Å². The normalized spacial score (nSPS) is 23.5. The number of rotatable bonds is 3. The zero-order chi connectivity index (χ0) is 14.8. The molecule has 6 heteroatoms. The number of nitrogens with zero attached hydrogens (tertiary/aromatic N) is 2. The Kier molecular flexibility index (Phi) is 4.45. The first-order valence-corrected chi connectivity index (χ1v) is 8.25. The Bertz CT molecular complexity index is 524. The van der Waals surface area contributed by atoms with Crippen molar-refractivity contribution in [2.24, 2.45) is 5.92 Å². The van der Waals surface area contributed by atoms with Gasteiger partial charge in [-0.1, -0.05) is 0 Å². The molecule has 0 bridgehead atoms. The first-order valence-electron chi connectivity index (χ1n) is 7.45. The highest BCUT2D eigenvalue weighted by molar-refractivity contribution is 9.10. The lowest BCUT2D eigenvalue weighted by Crippen LogP contribution is -2.37. The zero-order valence-corrected chi connectivity index (χ0v) is 13.4. The molecule has 3 rings (SSSR count). The van der Waals surface area contributed by atoms with Crippen LogP contribution in [0.3, 0.4) is 0 Å². The molecule has 1 aromatic carbocycles. The van der Waals surface area contributed by atoms with Gasteiger partial charge in [-0.15, -0.1) is 0 Å². The third kappa shape index (κ3) is 3.21. The highest BCUT2D eigenvalue weighted by atomic mass is 79.9. The summed E-state index contributed by atoms with van der Waals surface area (Å²) in [4.78, 5) is 12.7. The van der Waals surface area contributed by atoms with E-state index in [1.165, 1.54) is 12.8 Å². The van der Waals surface area contributed by atoms with E-state index in [9.17, 15) is 10.1 Å². The molecule has 114 valence electrons. The Labute approximate surface area is 132 Å². The van der Waals surface area contributed by atoms with Crippen LogP contribution in [0.1, 0.15) is 25.7 Å². The lowest BCUT2D eigenvalue weighted by molar-refractivity contribution is -0.384. The summed E-state index contributed by atoms with van der Waals surface area (Å²) in [5.41, 5.74) is 1.17. The van der Waals surface area contributed by atoms with Crippen LogP contribution in [0.5, 0.6) is 0 Å². The fraction of sp³-hybridized carbons (Fsp3) is 0.600. The molecule has 5 nitrogen and oxygen atoms in total. The maximum Gasteiger partial charge on any atom is 0.270 e. The van der Waals surface area contributed by atoms with Crippen LogP contribution < -0.4 is 4.90 Å². The Morgan fingerprint density at radius 1 is 1.29 bits per heavy atom. The van der Waals surface area contributed by atoms with Gasteiger partial charge in [0.1, 0.15) is 0 Å². The summed E-state index contributed by atoms with van der Waals surface area (Å²) in [5.74, 6) is 0.667. The van der Waals surface area contributed by atoms with Gasteiger partial charge in [0.2, 0.25) is 0 Å². The molecule has 2 aliphatic rings. The van der Waals surface area contributed by atoms with Gasteiger partial charge >= 0.3 is 0 Å². The number of benzene rings is 1. The molecule has 0 N–H and O–H groups in total. The summed E-state index contributed by atoms with van der Waals surface area (Å²) >= 11 is 3.46. The van der Waals surface area contributed by atoms with E-state index in [0.29, 0.717) is 12.0 Å². The molecule has 2 saturated heterocycles. The van der Waals surface area contributed by atoms with Gasteiger partial charge in [0.25, 0.3) is 5.69 Å². The number of non-ortho nitro benzene ring substituents is 1. The second kappa shape index (κ2) is 6.32. The number of ether oxygens (including phenoxy) is 1. The molecular weight excluding hydrogens is 336 g/mol. The van der Waals surface area contributed by atoms with Gasteiger partial charge in [-0.05, 0) is 53.6 Å². The molecule has 0 spiro atoms. The summed E-state index contributed by atoms with van der Waals surface area (Å²) in [6, 6.07) is 5.00. The standard InChI is InChI=1S/C15H19BrN2O3/c16-13-10-12(18(19)20)3-4-14(13)17-7-5-11(6-8-17)15-2-1-9-21-15/h3-4,10-11,15H,1-2,5-9H2. The minimum absolute atomic E-state index is 0.125. The third-order valence-electron chi connectivity index (χ3n) is 4.51. The van der Waals surface area contributed by atoms with E-state index >= 15 is 0 Å². The molecule has 0 aromatic heterocycles. The summed E-state index contributed by atoms with van der Waals surface area (Å²) in [7, 11) is 0. The molecule has 0 saturated carbocycles. The summed E-state index contributed by atoms with van der Waals surface area (Å²) in [5, 5.41) is 10.8. The second-order valence-electron chi connectivity index (χ2n) is 5.77. The smallest absolute Gasteiger partial charge is 0.270 e. The van der Waals surface area contributed by atoms with Crippen molar-refractivity contribution in [2.45, 2.75) is 31.8 Å². The second-order valence-corrected chi connectivity index (χ2v) is 6.62. The number of nitro groups is 1. The Hall–Kier alpha value is -1.14. The molecule has 2 fully saturated rings. The quantitative estimate of drug-likeness (QED) is 0.612. The van der Waals surface area contributed by atoms with E-state index in [1.54, 1.807) is 12.1 Å². The monoisotopic (exact) mass is 354 g/mol. The van der Waals surface area contributed by atoms with Crippen molar-refractivity contribution >= 4 is 27.3 Å². The van der Waals surface area contributed by atoms with Crippen molar-refractivity contribution in [1.29, 1.82) is 0 Å². The molecule has 1 atom stereocenters. The number of hydrogen-bond donors (Lipinski definition) is 0. The lowest BCUT2D eigenvalue weighted by atomic mass is 9.89. The van der Waals surface area contributed by atoms with Gasteiger partial charge in [0.15, 0.2) is 0 Å². The predicted molar refractivity (Wildman–Crippen MR) is 84.7 cm³/mol. The van der Waals surface area contributed by atoms with Crippen LogP contribution in [0.25, 0.3) is 0 Å². The van der Waals surface area contributed by atoms with Crippen molar-refractivity contribution in [1.82, 2.24) is 0 Å². The van der Waals surface area contributed by atoms with Crippen LogP contribution in [0.2, 0.25) is 0 Å². The van der Waals surface area contributed by atoms with Crippen LogP contribution in [0, 0.1) is 16.0 Å². The Morgan fingerprint density at radius 2 is 2.05 bits per heavy atom. The molecule has 0 aliphatic carbocycles. The van der Waals surface area contributed by atoms with Crippen LogP contribution in [0.4, 0.5) is 11.4 Å². The van der Waals surface area contributed by atoms with E-state index < -0.39 is 0 Å². The van der Waals surface area contributed by atoms with Crippen LogP contribution in [-0.2, 0) is 4.74 Å². The van der Waals surface area contributed by atoms with Crippen molar-refractivity contribution < 1.29 is 9.66 Å². The van der Waals surface area contributed by atoms with Gasteiger partial charge in [0, 0.05) is 36.3 Å². The highest BCUT2D eigenvalue weighted by Gasteiger charge is 2.30. The molecule has 21 heavy (non-hydrogen) atoms. The first-order chi connectivity index (χ1) is 10.1. The fourth-order valence-corrected chi connectivity index (χ4v) is 3.97. The van der Waals surface area contributed by atoms with Gasteiger partial charge in [0.05, 0.1) is 16.7 Å². The number of nitro benzene ring substituents is 1. The number of halogens is 1. The molecule has 1 unspecified atom stereocenters. The van der Waals surface area contributed by atoms with Gasteiger partial charge in [-0.2, -0.15) is 0 Å². The van der Waals surface area contributed by atoms with Crippen molar-refractivity contribution in [2.75, 3.05) is 24.6 Å². The van der Waals surface area contributed by atoms with Crippen LogP contribution in [0.15, 0.2) is 22.7 Å². The summed E-state index contributed by atoms with van der Waals surface area (Å²) in [6.45, 7) is 2.89. The van der Waals surface area contributed by atoms with Crippen molar-refractivity contribution in [3.63, 3.8) is 0 Å². The van der Waals surface area contributed by atoms with Gasteiger partial charge in [-0.25, -0.2) is 0 Å². The predicted octanol–water partition coefficient (Wildman–Crippen LogP) is 3.75. The van der Waals surface area contributed by atoms with E-state index in [1.807, 2.05) is 6.07 Å². The zero-order valence-electron chi connectivity index (χ0n) is 11.8. The largest absolute Gasteiger partial charge is 0.378 e. The molecule has 1 aromatic rings. The fourth-order valence-electron chi connectivity index (χ4n) is 3.35. The minimum Gasteiger partial charge on any atom is -0.378 e. The third-order valence-corrected chi connectivity index (χ3v) is 5.15. The number of piperidine rings is 1. The molecule has 2 aliphatic heterocycles. The SMILES string of the molecule is O=[N+]([O-])c1ccc(N2CCC(C3CCCO3)CC2)c(Br)c1. The number of hydrogen-bond acceptors (Lipinski definition) is 4. The average Bonchev–Trinajstić information content (AvgIpc) is 3.01. The van der Waals surface area contributed by atoms with Gasteiger partial charge in [-0.3, -0.25) is 10.1 Å². The lowest BCUT2D eigenvalue weighted by Gasteiger charge is -2.36. The Morgan fingerprint density at radius 3 is 2.62 bits per heavy atom. The van der Waals surface area contributed by atoms with E-state index in [2.05, 4.69) is 20.8 Å². The Balaban J connectivity index is 1.65. The molecular formula is C15H19BrN2O3. The van der Waals surface area contributed by atoms with E-state index in [0.717, 1.165) is 42.7 Å². The van der Waals surface area contributed by atoms with Crippen LogP contribution >= 0.6 is 15.9 Å². The van der Waals surface area contributed by atoms with E-state index in [-0.39, 0.29) is 10.6 Å². The average molecular weight is 355 g/mol. The topological polar surface area (TPSA) is 55.6 Å². The maximum absolute atomic E-state index is 10.8. The van der Waals surface area contributed by atoms with Crippen LogP contribution in [-0.4, -0.2) is 30.7 Å². The highest BCUT2D eigenvalue weighted by Crippen LogP contribution is 2.35.